The molecule has 1 saturated heterocycles. The maximum absolute atomic E-state index is 12.4. The topological polar surface area (TPSA) is 35.6 Å². The number of carbonyl (C=O) groups excluding carboxylic acids is 1. The van der Waals surface area contributed by atoms with E-state index in [-0.39, 0.29) is 17.4 Å². The third-order valence-corrected chi connectivity index (χ3v) is 3.47. The largest absolute Gasteiger partial charge is 0.344 e. The molecule has 1 rings (SSSR count). The van der Waals surface area contributed by atoms with Crippen molar-refractivity contribution in [2.24, 2.45) is 5.41 Å². The zero-order valence-electron chi connectivity index (χ0n) is 11.9. The molecule has 4 heteroatoms. The van der Waals surface area contributed by atoms with Crippen LogP contribution in [0.5, 0.6) is 0 Å². The van der Waals surface area contributed by atoms with Crippen molar-refractivity contribution in [2.75, 3.05) is 40.3 Å². The summed E-state index contributed by atoms with van der Waals surface area (Å²) in [5, 5.41) is 3.14. The predicted octanol–water partition coefficient (Wildman–Crippen LogP) is 0.785. The van der Waals surface area contributed by atoms with Gasteiger partial charge < -0.3 is 10.2 Å². The van der Waals surface area contributed by atoms with Crippen molar-refractivity contribution in [2.45, 2.75) is 33.2 Å². The molecule has 4 nitrogen and oxygen atoms in total. The van der Waals surface area contributed by atoms with Crippen LogP contribution in [0.4, 0.5) is 0 Å². The van der Waals surface area contributed by atoms with Crippen LogP contribution in [0.3, 0.4) is 0 Å². The molecule has 1 fully saturated rings. The van der Waals surface area contributed by atoms with Crippen molar-refractivity contribution in [3.8, 4) is 0 Å². The van der Waals surface area contributed by atoms with Gasteiger partial charge in [-0.1, -0.05) is 20.8 Å². The lowest BCUT2D eigenvalue weighted by molar-refractivity contribution is -0.134. The number of amides is 1. The number of hydrogen-bond donors (Lipinski definition) is 1. The smallest absolute Gasteiger partial charge is 0.239 e. The van der Waals surface area contributed by atoms with E-state index in [9.17, 15) is 4.79 Å². The molecule has 1 unspecified atom stereocenters. The van der Waals surface area contributed by atoms with E-state index in [0.29, 0.717) is 0 Å². The third-order valence-electron chi connectivity index (χ3n) is 3.47. The van der Waals surface area contributed by atoms with E-state index in [4.69, 9.17) is 0 Å². The summed E-state index contributed by atoms with van der Waals surface area (Å²) in [5.74, 6) is 0.271. The van der Waals surface area contributed by atoms with Crippen molar-refractivity contribution in [3.63, 3.8) is 0 Å². The van der Waals surface area contributed by atoms with Crippen LogP contribution in [0.15, 0.2) is 0 Å². The van der Waals surface area contributed by atoms with Crippen LogP contribution >= 0.6 is 0 Å². The molecule has 1 amide bonds. The van der Waals surface area contributed by atoms with Gasteiger partial charge in [-0.3, -0.25) is 9.69 Å². The van der Waals surface area contributed by atoms with Gasteiger partial charge in [0.15, 0.2) is 0 Å². The van der Waals surface area contributed by atoms with Gasteiger partial charge in [-0.05, 0) is 32.0 Å². The van der Waals surface area contributed by atoms with E-state index < -0.39 is 0 Å². The average molecular weight is 241 g/mol. The summed E-state index contributed by atoms with van der Waals surface area (Å²) < 4.78 is 0. The van der Waals surface area contributed by atoms with E-state index in [2.05, 4.69) is 31.0 Å². The van der Waals surface area contributed by atoms with Crippen LogP contribution in [0, 0.1) is 5.41 Å². The van der Waals surface area contributed by atoms with E-state index >= 15 is 0 Å². The molecule has 0 aromatic heterocycles. The van der Waals surface area contributed by atoms with Crippen LogP contribution in [-0.2, 0) is 4.79 Å². The zero-order chi connectivity index (χ0) is 13.1. The fourth-order valence-electron chi connectivity index (χ4n) is 2.76. The molecule has 17 heavy (non-hydrogen) atoms. The molecule has 0 aromatic rings. The quantitative estimate of drug-likeness (QED) is 0.790. The van der Waals surface area contributed by atoms with Gasteiger partial charge in [0, 0.05) is 20.1 Å². The van der Waals surface area contributed by atoms with E-state index in [0.717, 1.165) is 32.6 Å². The molecule has 0 aliphatic carbocycles. The first-order valence-electron chi connectivity index (χ1n) is 6.55. The molecular formula is C13H27N3O. The standard InChI is InChI=1S/C13H27N3O/c1-6-16-10-13(2,3)9-15(5)12(17)11(16)7-8-14-4/h11,14H,6-10H2,1-5H3. The first-order valence-corrected chi connectivity index (χ1v) is 6.55. The van der Waals surface area contributed by atoms with E-state index in [1.54, 1.807) is 0 Å². The highest BCUT2D eigenvalue weighted by molar-refractivity contribution is 5.82. The lowest BCUT2D eigenvalue weighted by Crippen LogP contribution is -2.46. The molecule has 1 N–H and O–H groups in total. The van der Waals surface area contributed by atoms with Gasteiger partial charge in [-0.25, -0.2) is 0 Å². The van der Waals surface area contributed by atoms with Crippen molar-refractivity contribution in [3.05, 3.63) is 0 Å². The monoisotopic (exact) mass is 241 g/mol. The highest BCUT2D eigenvalue weighted by Gasteiger charge is 2.36. The molecule has 0 radical (unpaired) electrons. The molecular weight excluding hydrogens is 214 g/mol. The minimum Gasteiger partial charge on any atom is -0.344 e. The molecule has 100 valence electrons. The SMILES string of the molecule is CCN1CC(C)(C)CN(C)C(=O)C1CCNC. The Morgan fingerprint density at radius 2 is 2.06 bits per heavy atom. The lowest BCUT2D eigenvalue weighted by atomic mass is 9.92. The van der Waals surface area contributed by atoms with Gasteiger partial charge in [-0.2, -0.15) is 0 Å². The number of hydrogen-bond acceptors (Lipinski definition) is 3. The predicted molar refractivity (Wildman–Crippen MR) is 71.0 cm³/mol. The lowest BCUT2D eigenvalue weighted by Gasteiger charge is -2.31. The maximum Gasteiger partial charge on any atom is 0.239 e. The highest BCUT2D eigenvalue weighted by atomic mass is 16.2. The minimum absolute atomic E-state index is 0.0409. The molecule has 0 saturated carbocycles. The van der Waals surface area contributed by atoms with Gasteiger partial charge in [-0.15, -0.1) is 0 Å². The molecule has 1 heterocycles. The molecule has 1 aliphatic rings. The van der Waals surface area contributed by atoms with Crippen molar-refractivity contribution in [1.82, 2.24) is 15.1 Å². The van der Waals surface area contributed by atoms with Gasteiger partial charge in [0.05, 0.1) is 6.04 Å². The van der Waals surface area contributed by atoms with Crippen molar-refractivity contribution in [1.29, 1.82) is 0 Å². The van der Waals surface area contributed by atoms with Crippen LogP contribution in [0.1, 0.15) is 27.2 Å². The Morgan fingerprint density at radius 3 is 2.59 bits per heavy atom. The first kappa shape index (κ1) is 14.5. The summed E-state index contributed by atoms with van der Waals surface area (Å²) in [5.41, 5.74) is 0.175. The number of likely N-dealkylation sites (N-methyl/N-ethyl adjacent to an activating group) is 2. The zero-order valence-corrected chi connectivity index (χ0v) is 11.9. The summed E-state index contributed by atoms with van der Waals surface area (Å²) in [6.45, 7) is 10.3. The summed E-state index contributed by atoms with van der Waals surface area (Å²) in [4.78, 5) is 16.6. The molecule has 1 aliphatic heterocycles. The van der Waals surface area contributed by atoms with Gasteiger partial charge in [0.25, 0.3) is 0 Å². The van der Waals surface area contributed by atoms with E-state index in [1.807, 2.05) is 19.0 Å². The molecule has 0 aromatic carbocycles. The molecule has 0 spiro atoms. The van der Waals surface area contributed by atoms with Gasteiger partial charge in [0.1, 0.15) is 0 Å². The Bertz CT molecular complexity index is 265. The number of rotatable bonds is 4. The minimum atomic E-state index is 0.0409. The van der Waals surface area contributed by atoms with E-state index in [1.165, 1.54) is 0 Å². The second-order valence-electron chi connectivity index (χ2n) is 5.83. The number of carbonyl (C=O) groups is 1. The molecule has 1 atom stereocenters. The highest BCUT2D eigenvalue weighted by Crippen LogP contribution is 2.25. The van der Waals surface area contributed by atoms with Gasteiger partial charge >= 0.3 is 0 Å². The second-order valence-corrected chi connectivity index (χ2v) is 5.83. The van der Waals surface area contributed by atoms with Crippen LogP contribution in [-0.4, -0.2) is 62.0 Å². The Morgan fingerprint density at radius 1 is 1.41 bits per heavy atom. The number of nitrogens with zero attached hydrogens (tertiary/aromatic N) is 2. The second kappa shape index (κ2) is 5.83. The third kappa shape index (κ3) is 3.68. The van der Waals surface area contributed by atoms with Crippen LogP contribution in [0.25, 0.3) is 0 Å². The average Bonchev–Trinajstić information content (AvgIpc) is 2.33. The maximum atomic E-state index is 12.4. The molecule has 0 bridgehead atoms. The Balaban J connectivity index is 2.86. The fourth-order valence-corrected chi connectivity index (χ4v) is 2.76. The van der Waals surface area contributed by atoms with Gasteiger partial charge in [0.2, 0.25) is 5.91 Å². The summed E-state index contributed by atoms with van der Waals surface area (Å²) >= 11 is 0. The Labute approximate surface area is 105 Å². The summed E-state index contributed by atoms with van der Waals surface area (Å²) in [6, 6.07) is 0.0409. The summed E-state index contributed by atoms with van der Waals surface area (Å²) in [6.07, 6.45) is 0.892. The number of nitrogens with one attached hydrogen (secondary N) is 1. The van der Waals surface area contributed by atoms with Crippen LogP contribution in [0.2, 0.25) is 0 Å². The van der Waals surface area contributed by atoms with Crippen molar-refractivity contribution >= 4 is 5.91 Å². The first-order chi connectivity index (χ1) is 7.91. The fraction of sp³-hybridized carbons (Fsp3) is 0.923. The summed E-state index contributed by atoms with van der Waals surface area (Å²) in [7, 11) is 3.86. The Hall–Kier alpha value is -0.610. The van der Waals surface area contributed by atoms with Crippen LogP contribution < -0.4 is 5.32 Å². The normalized spacial score (nSPS) is 26.1. The van der Waals surface area contributed by atoms with Crippen molar-refractivity contribution < 1.29 is 4.79 Å². The Kier molecular flexibility index (Phi) is 4.95.